The van der Waals surface area contributed by atoms with Gasteiger partial charge in [-0.2, -0.15) is 0 Å². The quantitative estimate of drug-likeness (QED) is 0.622. The molecule has 1 aliphatic carbocycles. The molecule has 7 nitrogen and oxygen atoms in total. The third kappa shape index (κ3) is 4.27. The lowest BCUT2D eigenvalue weighted by Gasteiger charge is -2.30. The topological polar surface area (TPSA) is 86.0 Å². The number of phenols is 1. The van der Waals surface area contributed by atoms with Gasteiger partial charge in [-0.1, -0.05) is 25.4 Å². The molecule has 3 atom stereocenters. The Morgan fingerprint density at radius 3 is 2.87 bits per heavy atom. The predicted octanol–water partition coefficient (Wildman–Crippen LogP) is 4.51. The lowest BCUT2D eigenvalue weighted by molar-refractivity contribution is 0.0574. The first-order chi connectivity index (χ1) is 14.5. The minimum Gasteiger partial charge on any atom is -0.507 e. The lowest BCUT2D eigenvalue weighted by atomic mass is 9.79. The van der Waals surface area contributed by atoms with Crippen molar-refractivity contribution in [3.8, 4) is 28.7 Å². The maximum atomic E-state index is 14.6. The summed E-state index contributed by atoms with van der Waals surface area (Å²) in [7, 11) is 0. The summed E-state index contributed by atoms with van der Waals surface area (Å²) in [5.41, 5.74) is 1.74. The van der Waals surface area contributed by atoms with Gasteiger partial charge in [-0.15, -0.1) is 5.10 Å². The monoisotopic (exact) mass is 411 g/mol. The molecule has 0 spiro atoms. The SMILES string of the molecule is CC[C@]1(C)CCC[C@@H](F)[C@H](Oc2ncc(-c3ccc(-n4ccnc4)cc3O)nn2)C1. The normalized spacial score (nSPS) is 24.4. The molecule has 1 aromatic carbocycles. The third-order valence-electron chi connectivity index (χ3n) is 6.07. The third-order valence-corrected chi connectivity index (χ3v) is 6.07. The van der Waals surface area contributed by atoms with E-state index in [1.54, 1.807) is 35.4 Å². The fourth-order valence-corrected chi connectivity index (χ4v) is 3.95. The second kappa shape index (κ2) is 8.38. The van der Waals surface area contributed by atoms with Crippen LogP contribution in [0.5, 0.6) is 11.8 Å². The fraction of sp³-hybridized carbons (Fsp3) is 0.455. The van der Waals surface area contributed by atoms with Crippen molar-refractivity contribution in [2.45, 2.75) is 58.2 Å². The molecule has 0 radical (unpaired) electrons. The summed E-state index contributed by atoms with van der Waals surface area (Å²) >= 11 is 0. The molecule has 0 amide bonds. The van der Waals surface area contributed by atoms with Crippen molar-refractivity contribution in [1.29, 1.82) is 0 Å². The first-order valence-corrected chi connectivity index (χ1v) is 10.3. The van der Waals surface area contributed by atoms with Crippen LogP contribution >= 0.6 is 0 Å². The van der Waals surface area contributed by atoms with Crippen molar-refractivity contribution in [2.75, 3.05) is 0 Å². The van der Waals surface area contributed by atoms with Gasteiger partial charge in [0.2, 0.25) is 0 Å². The number of phenolic OH excluding ortho intramolecular Hbond substituents is 1. The number of halogens is 1. The average Bonchev–Trinajstić information content (AvgIpc) is 3.24. The highest BCUT2D eigenvalue weighted by atomic mass is 19.1. The van der Waals surface area contributed by atoms with Crippen molar-refractivity contribution in [3.05, 3.63) is 43.1 Å². The van der Waals surface area contributed by atoms with Gasteiger partial charge in [0.1, 0.15) is 23.7 Å². The number of rotatable bonds is 5. The summed E-state index contributed by atoms with van der Waals surface area (Å²) < 4.78 is 22.2. The first-order valence-electron chi connectivity index (χ1n) is 10.3. The van der Waals surface area contributed by atoms with E-state index in [-0.39, 0.29) is 17.2 Å². The van der Waals surface area contributed by atoms with Gasteiger partial charge in [-0.3, -0.25) is 0 Å². The van der Waals surface area contributed by atoms with Gasteiger partial charge in [0.05, 0.1) is 18.2 Å². The summed E-state index contributed by atoms with van der Waals surface area (Å²) in [6.45, 7) is 4.31. The Morgan fingerprint density at radius 2 is 2.20 bits per heavy atom. The molecule has 30 heavy (non-hydrogen) atoms. The molecule has 4 rings (SSSR count). The Hall–Kier alpha value is -3.03. The van der Waals surface area contributed by atoms with Crippen molar-refractivity contribution in [1.82, 2.24) is 24.7 Å². The fourth-order valence-electron chi connectivity index (χ4n) is 3.95. The van der Waals surface area contributed by atoms with Gasteiger partial charge in [-0.25, -0.2) is 14.4 Å². The van der Waals surface area contributed by atoms with Gasteiger partial charge in [-0.05, 0) is 43.2 Å². The maximum Gasteiger partial charge on any atom is 0.336 e. The average molecular weight is 411 g/mol. The van der Waals surface area contributed by atoms with Crippen LogP contribution in [0.4, 0.5) is 4.39 Å². The molecule has 0 aliphatic heterocycles. The second-order valence-electron chi connectivity index (χ2n) is 8.23. The Labute approximate surface area is 175 Å². The molecule has 1 saturated carbocycles. The van der Waals surface area contributed by atoms with E-state index in [0.29, 0.717) is 24.1 Å². The number of ether oxygens (including phenoxy) is 1. The van der Waals surface area contributed by atoms with Gasteiger partial charge >= 0.3 is 6.01 Å². The standard InChI is InChI=1S/C22H26FN5O2/c1-3-22(2)8-4-5-17(23)20(12-22)30-21-25-13-18(26-27-21)16-7-6-15(11-19(16)29)28-10-9-24-14-28/h6-7,9-11,13-14,17,20,29H,3-5,8,12H2,1-2H3/t17-,20-,22-/m1/s1. The zero-order chi connectivity index (χ0) is 21.1. The molecule has 2 aromatic heterocycles. The zero-order valence-electron chi connectivity index (χ0n) is 17.2. The molecular weight excluding hydrogens is 385 g/mol. The lowest BCUT2D eigenvalue weighted by Crippen LogP contribution is -2.32. The minimum absolute atomic E-state index is 0.0530. The number of hydrogen-bond donors (Lipinski definition) is 1. The highest BCUT2D eigenvalue weighted by molar-refractivity contribution is 5.67. The van der Waals surface area contributed by atoms with Crippen molar-refractivity contribution >= 4 is 0 Å². The van der Waals surface area contributed by atoms with Crippen LogP contribution in [0.2, 0.25) is 0 Å². The van der Waals surface area contributed by atoms with E-state index < -0.39 is 12.3 Å². The van der Waals surface area contributed by atoms with Gasteiger partial charge in [0, 0.05) is 24.0 Å². The zero-order valence-corrected chi connectivity index (χ0v) is 17.2. The van der Waals surface area contributed by atoms with E-state index in [4.69, 9.17) is 4.74 Å². The van der Waals surface area contributed by atoms with Gasteiger partial charge < -0.3 is 14.4 Å². The van der Waals surface area contributed by atoms with E-state index in [1.165, 1.54) is 6.20 Å². The van der Waals surface area contributed by atoms with E-state index in [0.717, 1.165) is 24.9 Å². The molecule has 2 heterocycles. The van der Waals surface area contributed by atoms with Crippen LogP contribution < -0.4 is 4.74 Å². The van der Waals surface area contributed by atoms with Crippen LogP contribution in [0.1, 0.15) is 46.0 Å². The molecular formula is C22H26FN5O2. The number of hydrogen-bond acceptors (Lipinski definition) is 6. The molecule has 0 saturated heterocycles. The van der Waals surface area contributed by atoms with Gasteiger partial charge in [0.25, 0.3) is 0 Å². The van der Waals surface area contributed by atoms with Crippen LogP contribution in [0, 0.1) is 5.41 Å². The van der Waals surface area contributed by atoms with Crippen LogP contribution in [0.15, 0.2) is 43.1 Å². The second-order valence-corrected chi connectivity index (χ2v) is 8.23. The van der Waals surface area contributed by atoms with E-state index in [1.807, 2.05) is 6.07 Å². The first kappa shape index (κ1) is 20.3. The van der Waals surface area contributed by atoms with Crippen LogP contribution in [-0.2, 0) is 0 Å². The molecule has 158 valence electrons. The highest BCUT2D eigenvalue weighted by Gasteiger charge is 2.36. The molecule has 1 N–H and O–H groups in total. The van der Waals surface area contributed by atoms with Crippen molar-refractivity contribution in [3.63, 3.8) is 0 Å². The summed E-state index contributed by atoms with van der Waals surface area (Å²) in [6, 6.07) is 5.26. The van der Waals surface area contributed by atoms with Gasteiger partial charge in [0.15, 0.2) is 0 Å². The van der Waals surface area contributed by atoms with Crippen LogP contribution in [0.3, 0.4) is 0 Å². The van der Waals surface area contributed by atoms with Crippen molar-refractivity contribution < 1.29 is 14.2 Å². The largest absolute Gasteiger partial charge is 0.507 e. The summed E-state index contributed by atoms with van der Waals surface area (Å²) in [5.74, 6) is 0.0530. The Morgan fingerprint density at radius 1 is 1.33 bits per heavy atom. The van der Waals surface area contributed by atoms with E-state index in [2.05, 4.69) is 34.0 Å². The summed E-state index contributed by atoms with van der Waals surface area (Å²) in [4.78, 5) is 8.21. The number of aromatic hydroxyl groups is 1. The molecule has 3 aromatic rings. The molecule has 1 aliphatic rings. The minimum atomic E-state index is -1.04. The number of aromatic nitrogens is 5. The van der Waals surface area contributed by atoms with Crippen LogP contribution in [-0.4, -0.2) is 42.1 Å². The predicted molar refractivity (Wildman–Crippen MR) is 110 cm³/mol. The number of benzene rings is 1. The molecule has 8 heteroatoms. The number of nitrogens with zero attached hydrogens (tertiary/aromatic N) is 5. The molecule has 1 fully saturated rings. The molecule has 0 unspecified atom stereocenters. The Balaban J connectivity index is 1.50. The Bertz CT molecular complexity index is 980. The van der Waals surface area contributed by atoms with E-state index >= 15 is 0 Å². The summed E-state index contributed by atoms with van der Waals surface area (Å²) in [6.07, 6.45) is 8.92. The number of alkyl halides is 1. The van der Waals surface area contributed by atoms with Crippen LogP contribution in [0.25, 0.3) is 16.9 Å². The Kier molecular flexibility index (Phi) is 5.65. The number of imidazole rings is 1. The molecule has 0 bridgehead atoms. The smallest absolute Gasteiger partial charge is 0.336 e. The maximum absolute atomic E-state index is 14.6. The van der Waals surface area contributed by atoms with E-state index in [9.17, 15) is 9.50 Å². The summed E-state index contributed by atoms with van der Waals surface area (Å²) in [5, 5.41) is 18.6. The highest BCUT2D eigenvalue weighted by Crippen LogP contribution is 2.39. The van der Waals surface area contributed by atoms with Crippen molar-refractivity contribution in [2.24, 2.45) is 5.41 Å².